The van der Waals surface area contributed by atoms with Gasteiger partial charge in [-0.05, 0) is 25.9 Å². The predicted molar refractivity (Wildman–Crippen MR) is 61.1 cm³/mol. The highest BCUT2D eigenvalue weighted by molar-refractivity contribution is 5.15. The summed E-state index contributed by atoms with van der Waals surface area (Å²) in [5.41, 5.74) is 0.0878. The number of terminal acetylenes is 1. The summed E-state index contributed by atoms with van der Waals surface area (Å²) < 4.78 is 61.0. The van der Waals surface area contributed by atoms with Gasteiger partial charge in [-0.15, -0.1) is 6.42 Å². The van der Waals surface area contributed by atoms with E-state index in [0.29, 0.717) is 0 Å². The summed E-state index contributed by atoms with van der Waals surface area (Å²) in [6, 6.07) is -2.57. The first-order chi connectivity index (χ1) is 10.0. The molecule has 0 saturated carbocycles. The summed E-state index contributed by atoms with van der Waals surface area (Å²) in [5.74, 6) is 2.27. The minimum absolute atomic E-state index is 0.00419. The molecule has 1 rings (SSSR count). The van der Waals surface area contributed by atoms with Crippen molar-refractivity contribution in [1.29, 1.82) is 0 Å². The van der Waals surface area contributed by atoms with Crippen molar-refractivity contribution in [2.45, 2.75) is 19.4 Å². The molecule has 1 aromatic carbocycles. The van der Waals surface area contributed by atoms with E-state index in [-0.39, 0.29) is 30.6 Å². The van der Waals surface area contributed by atoms with Gasteiger partial charge in [0.05, 0.1) is 13.4 Å². The maximum atomic E-state index is 7.86. The van der Waals surface area contributed by atoms with Crippen LogP contribution in [0.5, 0.6) is 0 Å². The standard InChI is InChI=1S/C13H17N/c1-4-10-14(3)12(2)11-13-8-6-5-7-9-13/h1,5-9,12H,10-11H2,2-3H3/t12-/m1/s1/i3D3,5D,6D,7D,8D,9D. The largest absolute Gasteiger partial charge is 0.292 e. The fourth-order valence-electron chi connectivity index (χ4n) is 1.04. The normalized spacial score (nSPS) is 21.5. The molecule has 0 aliphatic heterocycles. The molecule has 0 saturated heterocycles. The Morgan fingerprint density at radius 2 is 2.29 bits per heavy atom. The van der Waals surface area contributed by atoms with E-state index < -0.39 is 31.1 Å². The zero-order valence-corrected chi connectivity index (χ0v) is 8.02. The van der Waals surface area contributed by atoms with Crippen LogP contribution in [0, 0.1) is 12.3 Å². The van der Waals surface area contributed by atoms with Gasteiger partial charge in [-0.3, -0.25) is 4.90 Å². The second-order valence-corrected chi connectivity index (χ2v) is 2.99. The van der Waals surface area contributed by atoms with Crippen molar-refractivity contribution in [1.82, 2.24) is 4.90 Å². The Bertz CT molecular complexity index is 573. The molecule has 0 aromatic heterocycles. The summed E-state index contributed by atoms with van der Waals surface area (Å²) in [5, 5.41) is 0. The Kier molecular flexibility index (Phi) is 1.59. The number of likely N-dealkylation sites (N-methyl/N-ethyl adjacent to an activating group) is 1. The van der Waals surface area contributed by atoms with E-state index in [4.69, 9.17) is 17.4 Å². The van der Waals surface area contributed by atoms with Crippen molar-refractivity contribution >= 4 is 0 Å². The molecule has 0 spiro atoms. The summed E-state index contributed by atoms with van der Waals surface area (Å²) in [6.07, 6.45) is 5.18. The number of nitrogens with zero attached hydrogens (tertiary/aromatic N) is 1. The minimum atomic E-state index is -2.42. The van der Waals surface area contributed by atoms with Crippen molar-refractivity contribution in [3.8, 4) is 12.3 Å². The zero-order valence-electron chi connectivity index (χ0n) is 16.0. The number of hydrogen-bond donors (Lipinski definition) is 0. The van der Waals surface area contributed by atoms with Crippen LogP contribution in [0.4, 0.5) is 0 Å². The summed E-state index contributed by atoms with van der Waals surface area (Å²) in [7, 11) is 0. The average molecular weight is 195 g/mol. The van der Waals surface area contributed by atoms with Crippen LogP contribution in [0.15, 0.2) is 30.2 Å². The Balaban J connectivity index is 3.22. The second kappa shape index (κ2) is 5.47. The van der Waals surface area contributed by atoms with Crippen LogP contribution >= 0.6 is 0 Å². The molecule has 0 amide bonds. The molecule has 0 radical (unpaired) electrons. The smallest absolute Gasteiger partial charge is 0.0626 e. The third kappa shape index (κ3) is 3.24. The second-order valence-electron chi connectivity index (χ2n) is 2.99. The third-order valence-corrected chi connectivity index (χ3v) is 1.85. The lowest BCUT2D eigenvalue weighted by Crippen LogP contribution is -2.31. The van der Waals surface area contributed by atoms with Gasteiger partial charge < -0.3 is 0 Å². The lowest BCUT2D eigenvalue weighted by Gasteiger charge is -2.22. The fraction of sp³-hybridized carbons (Fsp3) is 0.385. The van der Waals surface area contributed by atoms with Crippen LogP contribution in [-0.2, 0) is 6.42 Å². The molecule has 0 N–H and O–H groups in total. The topological polar surface area (TPSA) is 3.24 Å². The van der Waals surface area contributed by atoms with Crippen LogP contribution in [0.3, 0.4) is 0 Å². The summed E-state index contributed by atoms with van der Waals surface area (Å²) in [6.45, 7) is -0.931. The van der Waals surface area contributed by atoms with E-state index in [2.05, 4.69) is 5.92 Å². The van der Waals surface area contributed by atoms with Gasteiger partial charge in [-0.25, -0.2) is 0 Å². The Hall–Kier alpha value is -1.26. The van der Waals surface area contributed by atoms with Crippen LogP contribution in [0.1, 0.15) is 23.5 Å². The quantitative estimate of drug-likeness (QED) is 0.666. The zero-order chi connectivity index (χ0) is 17.2. The summed E-state index contributed by atoms with van der Waals surface area (Å²) in [4.78, 5) is 1.09. The highest BCUT2D eigenvalue weighted by Crippen LogP contribution is 2.06. The first-order valence-corrected chi connectivity index (χ1v) is 4.28. The maximum Gasteiger partial charge on any atom is 0.0626 e. The van der Waals surface area contributed by atoms with Gasteiger partial charge in [-0.1, -0.05) is 36.1 Å². The Labute approximate surface area is 98.0 Å². The van der Waals surface area contributed by atoms with Gasteiger partial charge >= 0.3 is 0 Å². The molecule has 74 valence electrons. The van der Waals surface area contributed by atoms with E-state index in [9.17, 15) is 0 Å². The van der Waals surface area contributed by atoms with E-state index >= 15 is 0 Å². The lowest BCUT2D eigenvalue weighted by molar-refractivity contribution is 0.287. The van der Waals surface area contributed by atoms with Crippen molar-refractivity contribution in [3.63, 3.8) is 0 Å². The molecule has 1 nitrogen and oxygen atoms in total. The first-order valence-electron chi connectivity index (χ1n) is 8.28. The molecule has 0 bridgehead atoms. The average Bonchev–Trinajstić information content (AvgIpc) is 2.43. The Morgan fingerprint density at radius 1 is 1.57 bits per heavy atom. The molecular formula is C13H17N. The van der Waals surface area contributed by atoms with E-state index in [0.717, 1.165) is 4.90 Å². The van der Waals surface area contributed by atoms with E-state index in [1.54, 1.807) is 6.92 Å². The SMILES string of the molecule is [2H]c1c([2H])c([2H])c(C[C@@H](C)N(CC#C)C([2H])([2H])[2H])c([2H])c1[2H]. The lowest BCUT2D eigenvalue weighted by atomic mass is 10.1. The maximum absolute atomic E-state index is 7.86. The molecular weight excluding hydrogens is 170 g/mol. The molecule has 0 heterocycles. The van der Waals surface area contributed by atoms with Gasteiger partial charge in [0.1, 0.15) is 0 Å². The predicted octanol–water partition coefficient (Wildman–Crippen LogP) is 2.18. The highest BCUT2D eigenvalue weighted by Gasteiger charge is 2.07. The highest BCUT2D eigenvalue weighted by atomic mass is 15.1. The monoisotopic (exact) mass is 195 g/mol. The molecule has 0 aliphatic carbocycles. The van der Waals surface area contributed by atoms with Crippen LogP contribution in [0.25, 0.3) is 0 Å². The van der Waals surface area contributed by atoms with E-state index in [1.807, 2.05) is 0 Å². The van der Waals surface area contributed by atoms with Gasteiger partial charge in [0.25, 0.3) is 0 Å². The molecule has 14 heavy (non-hydrogen) atoms. The molecule has 1 heteroatoms. The minimum Gasteiger partial charge on any atom is -0.292 e. The number of hydrogen-bond acceptors (Lipinski definition) is 1. The van der Waals surface area contributed by atoms with E-state index in [1.165, 1.54) is 0 Å². The van der Waals surface area contributed by atoms with Crippen molar-refractivity contribution in [2.75, 3.05) is 13.5 Å². The van der Waals surface area contributed by atoms with Crippen LogP contribution in [-0.4, -0.2) is 24.5 Å². The first kappa shape index (κ1) is 4.08. The van der Waals surface area contributed by atoms with Crippen LogP contribution < -0.4 is 0 Å². The van der Waals surface area contributed by atoms with Crippen molar-refractivity contribution in [3.05, 3.63) is 35.8 Å². The van der Waals surface area contributed by atoms with Gasteiger partial charge in [0.2, 0.25) is 0 Å². The van der Waals surface area contributed by atoms with Crippen molar-refractivity contribution in [2.24, 2.45) is 0 Å². The number of rotatable bonds is 4. The van der Waals surface area contributed by atoms with Crippen LogP contribution in [0.2, 0.25) is 0 Å². The Morgan fingerprint density at radius 3 is 2.86 bits per heavy atom. The molecule has 1 aromatic rings. The summed E-state index contributed by atoms with van der Waals surface area (Å²) >= 11 is 0. The van der Waals surface area contributed by atoms with Gasteiger partial charge in [0, 0.05) is 10.2 Å². The molecule has 0 unspecified atom stereocenters. The van der Waals surface area contributed by atoms with Gasteiger partial charge in [0.15, 0.2) is 0 Å². The van der Waals surface area contributed by atoms with Gasteiger partial charge in [-0.2, -0.15) is 0 Å². The third-order valence-electron chi connectivity index (χ3n) is 1.85. The fourth-order valence-corrected chi connectivity index (χ4v) is 1.04. The molecule has 1 atom stereocenters. The van der Waals surface area contributed by atoms with Crippen molar-refractivity contribution < 1.29 is 11.0 Å². The molecule has 0 aliphatic rings. The number of benzene rings is 1. The molecule has 0 fully saturated rings.